The van der Waals surface area contributed by atoms with Crippen molar-refractivity contribution in [3.05, 3.63) is 200 Å². The molecule has 2 heterocycles. The van der Waals surface area contributed by atoms with Gasteiger partial charge in [0.15, 0.2) is 0 Å². The van der Waals surface area contributed by atoms with Gasteiger partial charge in [0, 0.05) is 50.9 Å². The molecule has 0 unspecified atom stereocenters. The lowest BCUT2D eigenvalue weighted by atomic mass is 9.33. The van der Waals surface area contributed by atoms with Crippen LogP contribution in [-0.4, -0.2) is 6.71 Å². The Morgan fingerprint density at radius 3 is 1.10 bits per heavy atom. The molecule has 4 heteroatoms. The highest BCUT2D eigenvalue weighted by atomic mass is 15.2. The molecule has 0 atom stereocenters. The number of rotatable bonds is 5. The molecule has 0 saturated carbocycles. The van der Waals surface area contributed by atoms with E-state index in [0.29, 0.717) is 0 Å². The van der Waals surface area contributed by atoms with Crippen LogP contribution in [0.1, 0.15) is 264 Å². The molecule has 4 aliphatic carbocycles. The molecule has 0 fully saturated rings. The number of hydrogen-bond donors (Lipinski definition) is 0. The Labute approximate surface area is 555 Å². The van der Waals surface area contributed by atoms with Crippen molar-refractivity contribution in [1.82, 2.24) is 0 Å². The number of fused-ring (bicyclic) bond motifs is 10. The molecule has 0 saturated heterocycles. The molecule has 14 rings (SSSR count). The van der Waals surface area contributed by atoms with Crippen molar-refractivity contribution >= 4 is 74.3 Å². The van der Waals surface area contributed by atoms with Crippen LogP contribution in [0.4, 0.5) is 51.2 Å². The molecule has 2 aliphatic heterocycles. The standard InChI is InChI=1S/C88H106BN3/c1-52-40-64-67(84(16,17)38-36-82(64,12)13)48-72(52)91-74-45-61-60-42-56(81(9,10)11)30-35-62(60)88(24,25)63(61)46-70(74)89-71-47-66-69(87(22,23)51-86(66,20)21)50-75(71)92(73-49-68-65(41-53(73)2)83(14,15)37-39-85(68,18)19)77-44-59(43-76(91)78(77)89)90(57-31-26-54(27-32-57)79(3,4)5)58-33-28-55(29-34-58)80(6,7)8/h26-35,40-50H,36-39,51H2,1-25H3. The second-order valence-corrected chi connectivity index (χ2v) is 37.3. The minimum atomic E-state index is -0.231. The first-order valence-corrected chi connectivity index (χ1v) is 35.2. The van der Waals surface area contributed by atoms with Crippen LogP contribution in [0.25, 0.3) is 11.1 Å². The number of hydrogen-bond acceptors (Lipinski definition) is 3. The summed E-state index contributed by atoms with van der Waals surface area (Å²) in [6.07, 6.45) is 5.72. The zero-order valence-corrected chi connectivity index (χ0v) is 61.1. The minimum Gasteiger partial charge on any atom is -0.311 e. The number of anilines is 9. The number of benzene rings is 8. The van der Waals surface area contributed by atoms with Crippen LogP contribution in [0, 0.1) is 13.8 Å². The van der Waals surface area contributed by atoms with Crippen LogP contribution in [0.15, 0.2) is 127 Å². The predicted molar refractivity (Wildman–Crippen MR) is 400 cm³/mol. The Morgan fingerprint density at radius 2 is 0.674 bits per heavy atom. The largest absolute Gasteiger partial charge is 0.311 e. The van der Waals surface area contributed by atoms with Crippen molar-refractivity contribution in [2.75, 3.05) is 14.7 Å². The lowest BCUT2D eigenvalue weighted by molar-refractivity contribution is 0.332. The van der Waals surface area contributed by atoms with Gasteiger partial charge in [-0.15, -0.1) is 0 Å². The van der Waals surface area contributed by atoms with Crippen molar-refractivity contribution in [3.63, 3.8) is 0 Å². The maximum atomic E-state index is 2.81. The van der Waals surface area contributed by atoms with Gasteiger partial charge in [-0.05, 0) is 255 Å². The Hall–Kier alpha value is -6.78. The summed E-state index contributed by atoms with van der Waals surface area (Å²) in [4.78, 5) is 8.20. The Balaban J connectivity index is 1.18. The normalized spacial score (nSPS) is 19.5. The van der Waals surface area contributed by atoms with Crippen molar-refractivity contribution in [2.24, 2.45) is 0 Å². The summed E-state index contributed by atoms with van der Waals surface area (Å²) in [5.41, 5.74) is 36.2. The lowest BCUT2D eigenvalue weighted by Crippen LogP contribution is -2.62. The smallest absolute Gasteiger partial charge is 0.252 e. The van der Waals surface area contributed by atoms with Gasteiger partial charge in [-0.2, -0.15) is 0 Å². The lowest BCUT2D eigenvalue weighted by Gasteiger charge is -2.48. The van der Waals surface area contributed by atoms with Crippen molar-refractivity contribution in [1.29, 1.82) is 0 Å². The van der Waals surface area contributed by atoms with Gasteiger partial charge in [0.05, 0.1) is 5.69 Å². The van der Waals surface area contributed by atoms with E-state index in [1.54, 1.807) is 0 Å². The van der Waals surface area contributed by atoms with E-state index in [0.717, 1.165) is 36.3 Å². The van der Waals surface area contributed by atoms with E-state index in [1.807, 2.05) is 0 Å². The molecule has 8 aromatic carbocycles. The molecule has 0 spiro atoms. The molecule has 476 valence electrons. The van der Waals surface area contributed by atoms with E-state index >= 15 is 0 Å². The minimum absolute atomic E-state index is 0.00459. The van der Waals surface area contributed by atoms with Crippen LogP contribution < -0.4 is 31.1 Å². The van der Waals surface area contributed by atoms with Gasteiger partial charge in [-0.1, -0.05) is 226 Å². The van der Waals surface area contributed by atoms with Crippen LogP contribution in [0.5, 0.6) is 0 Å². The maximum absolute atomic E-state index is 2.81. The van der Waals surface area contributed by atoms with E-state index in [9.17, 15) is 0 Å². The molecule has 0 N–H and O–H groups in total. The van der Waals surface area contributed by atoms with Crippen LogP contribution >= 0.6 is 0 Å². The Bertz CT molecular complexity index is 4360. The van der Waals surface area contributed by atoms with E-state index < -0.39 is 0 Å². The summed E-state index contributed by atoms with van der Waals surface area (Å²) in [5, 5.41) is 0. The topological polar surface area (TPSA) is 9.72 Å². The van der Waals surface area contributed by atoms with E-state index in [4.69, 9.17) is 0 Å². The van der Waals surface area contributed by atoms with Gasteiger partial charge in [0.2, 0.25) is 0 Å². The molecular formula is C88H106BN3. The highest BCUT2D eigenvalue weighted by Crippen LogP contribution is 2.59. The summed E-state index contributed by atoms with van der Waals surface area (Å²) in [7, 11) is 0. The van der Waals surface area contributed by atoms with Gasteiger partial charge in [0.25, 0.3) is 6.71 Å². The van der Waals surface area contributed by atoms with Gasteiger partial charge >= 0.3 is 0 Å². The third kappa shape index (κ3) is 9.43. The van der Waals surface area contributed by atoms with Gasteiger partial charge in [-0.25, -0.2) is 0 Å². The molecule has 8 aromatic rings. The first-order valence-electron chi connectivity index (χ1n) is 35.2. The third-order valence-electron chi connectivity index (χ3n) is 24.3. The molecule has 6 aliphatic rings. The second kappa shape index (κ2) is 19.7. The zero-order valence-electron chi connectivity index (χ0n) is 61.1. The monoisotopic (exact) mass is 1220 g/mol. The van der Waals surface area contributed by atoms with Crippen molar-refractivity contribution < 1.29 is 0 Å². The molecule has 0 aromatic heterocycles. The molecule has 0 amide bonds. The van der Waals surface area contributed by atoms with Crippen LogP contribution in [0.2, 0.25) is 0 Å². The van der Waals surface area contributed by atoms with Crippen LogP contribution in [0.3, 0.4) is 0 Å². The maximum Gasteiger partial charge on any atom is 0.252 e. The summed E-state index contributed by atoms with van der Waals surface area (Å²) >= 11 is 0. The van der Waals surface area contributed by atoms with E-state index in [-0.39, 0.29) is 60.9 Å². The first-order chi connectivity index (χ1) is 42.5. The van der Waals surface area contributed by atoms with Gasteiger partial charge in [0.1, 0.15) is 0 Å². The molecule has 0 radical (unpaired) electrons. The van der Waals surface area contributed by atoms with Crippen LogP contribution in [-0.2, 0) is 54.1 Å². The fourth-order valence-electron chi connectivity index (χ4n) is 18.4. The summed E-state index contributed by atoms with van der Waals surface area (Å²) in [6.45, 7) is 60.9. The van der Waals surface area contributed by atoms with E-state index in [2.05, 4.69) is 315 Å². The zero-order chi connectivity index (χ0) is 66.3. The van der Waals surface area contributed by atoms with Gasteiger partial charge < -0.3 is 14.7 Å². The molecule has 92 heavy (non-hydrogen) atoms. The molecular weight excluding hydrogens is 1110 g/mol. The summed E-state index contributed by atoms with van der Waals surface area (Å²) in [6, 6.07) is 53.3. The first kappa shape index (κ1) is 62.7. The highest BCUT2D eigenvalue weighted by molar-refractivity contribution is 7.00. The van der Waals surface area contributed by atoms with Gasteiger partial charge in [-0.3, -0.25) is 0 Å². The quantitative estimate of drug-likeness (QED) is 0.159. The SMILES string of the molecule is Cc1cc2c(cc1N1c3cc4c(cc3B3c5cc6c(cc5N(c5cc7c(cc5C)C(C)(C)CCC7(C)C)c5cc(N(c7ccc(C(C)(C)C)cc7)c7ccc(C(C)(C)C)cc7)cc1c53)C(C)(C)CC6(C)C)C(C)(C)c1ccc(C(C)(C)C)cc1-4)C(C)(C)CCC2(C)C. The number of aryl methyl sites for hydroxylation is 2. The highest BCUT2D eigenvalue weighted by Gasteiger charge is 2.51. The molecule has 3 nitrogen and oxygen atoms in total. The Morgan fingerprint density at radius 1 is 0.326 bits per heavy atom. The third-order valence-corrected chi connectivity index (χ3v) is 24.3. The van der Waals surface area contributed by atoms with Crippen molar-refractivity contribution in [3.8, 4) is 11.1 Å². The number of nitrogens with zero attached hydrogens (tertiary/aromatic N) is 3. The second-order valence-electron chi connectivity index (χ2n) is 37.3. The average Bonchev–Trinajstić information content (AvgIpc) is 1.10. The predicted octanol–water partition coefficient (Wildman–Crippen LogP) is 22.7. The fourth-order valence-corrected chi connectivity index (χ4v) is 18.4. The van der Waals surface area contributed by atoms with E-state index in [1.165, 1.54) is 147 Å². The van der Waals surface area contributed by atoms with Crippen molar-refractivity contribution in [2.45, 2.75) is 259 Å². The summed E-state index contributed by atoms with van der Waals surface area (Å²) in [5.74, 6) is 0. The Kier molecular flexibility index (Phi) is 13.4. The molecule has 0 bridgehead atoms. The fraction of sp³-hybridized carbons (Fsp3) is 0.455. The summed E-state index contributed by atoms with van der Waals surface area (Å²) < 4.78 is 0. The average molecular weight is 1220 g/mol.